The third-order valence-electron chi connectivity index (χ3n) is 3.47. The maximum Gasteiger partial charge on any atom is 0.169 e. The minimum Gasteiger partial charge on any atom is -0.383 e. The average molecular weight is 273 g/mol. The minimum absolute atomic E-state index is 0.0693. The molecule has 0 fully saturated rings. The molecule has 19 heavy (non-hydrogen) atoms. The zero-order chi connectivity index (χ0) is 13.4. The molecule has 1 aliphatic carbocycles. The molecule has 3 rings (SSSR count). The predicted octanol–water partition coefficient (Wildman–Crippen LogP) is 2.60. The molecule has 0 bridgehead atoms. The van der Waals surface area contributed by atoms with Crippen LogP contribution >= 0.6 is 11.3 Å². The van der Waals surface area contributed by atoms with Crippen LogP contribution in [-0.2, 0) is 12.8 Å². The Hall–Kier alpha value is -1.75. The largest absolute Gasteiger partial charge is 0.383 e. The predicted molar refractivity (Wildman–Crippen MR) is 75.5 cm³/mol. The Kier molecular flexibility index (Phi) is 3.06. The van der Waals surface area contributed by atoms with E-state index in [0.29, 0.717) is 17.8 Å². The molecular weight excluding hydrogens is 258 g/mol. The molecule has 2 aromatic heterocycles. The highest BCUT2D eigenvalue weighted by Gasteiger charge is 2.30. The van der Waals surface area contributed by atoms with Gasteiger partial charge in [-0.15, -0.1) is 11.3 Å². The highest BCUT2D eigenvalue weighted by molar-refractivity contribution is 7.10. The molecule has 1 aliphatic rings. The molecule has 98 valence electrons. The molecule has 0 unspecified atom stereocenters. The van der Waals surface area contributed by atoms with E-state index in [1.807, 2.05) is 18.4 Å². The number of nitrogens with zero attached hydrogens (tertiary/aromatic N) is 2. The Labute approximate surface area is 115 Å². The summed E-state index contributed by atoms with van der Waals surface area (Å²) in [6.07, 6.45) is 2.02. The number of carbonyl (C=O) groups excluding carboxylic acids is 1. The normalized spacial score (nSPS) is 18.4. The Balaban J connectivity index is 2.03. The van der Waals surface area contributed by atoms with Crippen LogP contribution in [-0.4, -0.2) is 15.8 Å². The number of hydrogen-bond donors (Lipinski definition) is 1. The lowest BCUT2D eigenvalue weighted by atomic mass is 9.85. The van der Waals surface area contributed by atoms with Crippen LogP contribution < -0.4 is 5.73 Å². The number of aromatic nitrogens is 2. The first-order valence-electron chi connectivity index (χ1n) is 6.41. The number of Topliss-reactive ketones (excluding diaryl/α,β-unsaturated/α-hetero) is 1. The lowest BCUT2D eigenvalue weighted by molar-refractivity contribution is 0.0964. The first-order chi connectivity index (χ1) is 9.19. The van der Waals surface area contributed by atoms with Crippen LogP contribution in [0.15, 0.2) is 17.5 Å². The third kappa shape index (κ3) is 2.14. The van der Waals surface area contributed by atoms with E-state index in [4.69, 9.17) is 5.73 Å². The number of ketones is 1. The molecular formula is C14H15N3OS. The van der Waals surface area contributed by atoms with Gasteiger partial charge in [0.05, 0.1) is 11.3 Å². The van der Waals surface area contributed by atoms with E-state index >= 15 is 0 Å². The quantitative estimate of drug-likeness (QED) is 0.913. The van der Waals surface area contributed by atoms with Gasteiger partial charge in [-0.25, -0.2) is 9.97 Å². The van der Waals surface area contributed by atoms with Crippen molar-refractivity contribution in [3.05, 3.63) is 39.5 Å². The molecule has 0 aromatic carbocycles. The molecule has 2 heterocycles. The number of hydrogen-bond acceptors (Lipinski definition) is 5. The molecule has 0 aliphatic heterocycles. The number of anilines is 1. The summed E-state index contributed by atoms with van der Waals surface area (Å²) in [5, 5.41) is 2.04. The van der Waals surface area contributed by atoms with Gasteiger partial charge in [-0.3, -0.25) is 4.79 Å². The van der Waals surface area contributed by atoms with Gasteiger partial charge in [-0.1, -0.05) is 13.0 Å². The Morgan fingerprint density at radius 1 is 1.42 bits per heavy atom. The van der Waals surface area contributed by atoms with Crippen LogP contribution in [0.1, 0.15) is 46.0 Å². The third-order valence-corrected chi connectivity index (χ3v) is 4.51. The molecule has 0 radical (unpaired) electrons. The number of nitrogen functional groups attached to an aromatic ring is 1. The van der Waals surface area contributed by atoms with Crippen molar-refractivity contribution in [2.75, 3.05) is 5.73 Å². The van der Waals surface area contributed by atoms with E-state index in [-0.39, 0.29) is 11.7 Å². The molecule has 5 heteroatoms. The van der Waals surface area contributed by atoms with Gasteiger partial charge < -0.3 is 5.73 Å². The van der Waals surface area contributed by atoms with Gasteiger partial charge in [-0.05, 0) is 17.9 Å². The summed E-state index contributed by atoms with van der Waals surface area (Å²) in [6.45, 7) is 1.99. The molecule has 2 N–H and O–H groups in total. The topological polar surface area (TPSA) is 68.9 Å². The van der Waals surface area contributed by atoms with Gasteiger partial charge >= 0.3 is 0 Å². The Bertz CT molecular complexity index is 622. The van der Waals surface area contributed by atoms with Gasteiger partial charge in [0.2, 0.25) is 0 Å². The van der Waals surface area contributed by atoms with Gasteiger partial charge in [0.25, 0.3) is 0 Å². The first kappa shape index (κ1) is 12.3. The van der Waals surface area contributed by atoms with Gasteiger partial charge in [-0.2, -0.15) is 0 Å². The summed E-state index contributed by atoms with van der Waals surface area (Å²) < 4.78 is 0. The van der Waals surface area contributed by atoms with Crippen LogP contribution in [0.4, 0.5) is 5.82 Å². The molecule has 4 nitrogen and oxygen atoms in total. The van der Waals surface area contributed by atoms with Crippen molar-refractivity contribution in [1.29, 1.82) is 0 Å². The summed E-state index contributed by atoms with van der Waals surface area (Å²) in [7, 11) is 0. The smallest absolute Gasteiger partial charge is 0.169 e. The second-order valence-corrected chi connectivity index (χ2v) is 5.72. The van der Waals surface area contributed by atoms with E-state index in [2.05, 4.69) is 16.0 Å². The molecule has 0 spiro atoms. The van der Waals surface area contributed by atoms with Crippen LogP contribution in [0.5, 0.6) is 0 Å². The first-order valence-corrected chi connectivity index (χ1v) is 7.28. The van der Waals surface area contributed by atoms with Crippen molar-refractivity contribution in [2.45, 2.75) is 32.1 Å². The van der Waals surface area contributed by atoms with E-state index in [0.717, 1.165) is 24.4 Å². The second kappa shape index (κ2) is 4.74. The van der Waals surface area contributed by atoms with E-state index < -0.39 is 0 Å². The fourth-order valence-electron chi connectivity index (χ4n) is 2.55. The summed E-state index contributed by atoms with van der Waals surface area (Å²) in [6, 6.07) is 4.10. The highest BCUT2D eigenvalue weighted by atomic mass is 32.1. The lowest BCUT2D eigenvalue weighted by Gasteiger charge is -2.23. The van der Waals surface area contributed by atoms with Crippen LogP contribution in [0.2, 0.25) is 0 Å². The number of carbonyl (C=O) groups is 1. The molecule has 2 aromatic rings. The second-order valence-electron chi connectivity index (χ2n) is 4.74. The monoisotopic (exact) mass is 273 g/mol. The lowest BCUT2D eigenvalue weighted by Crippen LogP contribution is -2.23. The SMILES string of the molecule is CCc1nc(N)c2c(n1)C[C@@H](c1cccs1)CC2=O. The van der Waals surface area contributed by atoms with Crippen molar-refractivity contribution in [2.24, 2.45) is 0 Å². The highest BCUT2D eigenvalue weighted by Crippen LogP contribution is 2.35. The summed E-state index contributed by atoms with van der Waals surface area (Å²) in [5.41, 5.74) is 7.27. The zero-order valence-corrected chi connectivity index (χ0v) is 11.5. The van der Waals surface area contributed by atoms with Crippen LogP contribution in [0.3, 0.4) is 0 Å². The van der Waals surface area contributed by atoms with Crippen LogP contribution in [0, 0.1) is 0 Å². The van der Waals surface area contributed by atoms with E-state index in [1.54, 1.807) is 11.3 Å². The zero-order valence-electron chi connectivity index (χ0n) is 10.7. The van der Waals surface area contributed by atoms with E-state index in [1.165, 1.54) is 4.88 Å². The minimum atomic E-state index is 0.0693. The fourth-order valence-corrected chi connectivity index (χ4v) is 3.38. The van der Waals surface area contributed by atoms with Crippen LogP contribution in [0.25, 0.3) is 0 Å². The molecule has 0 saturated heterocycles. The van der Waals surface area contributed by atoms with Crippen molar-refractivity contribution in [3.63, 3.8) is 0 Å². The van der Waals surface area contributed by atoms with E-state index in [9.17, 15) is 4.79 Å². The summed E-state index contributed by atoms with van der Waals surface area (Å²) in [5.74, 6) is 1.37. The maximum absolute atomic E-state index is 12.3. The number of nitrogens with two attached hydrogens (primary N) is 1. The van der Waals surface area contributed by atoms with Gasteiger partial charge in [0.15, 0.2) is 5.78 Å². The molecule has 0 amide bonds. The maximum atomic E-state index is 12.3. The molecule has 0 saturated carbocycles. The van der Waals surface area contributed by atoms with Crippen molar-refractivity contribution < 1.29 is 4.79 Å². The Morgan fingerprint density at radius 3 is 2.95 bits per heavy atom. The van der Waals surface area contributed by atoms with Gasteiger partial charge in [0, 0.05) is 23.6 Å². The number of rotatable bonds is 2. The summed E-state index contributed by atoms with van der Waals surface area (Å²) >= 11 is 1.69. The number of thiophene rings is 1. The molecule has 1 atom stereocenters. The Morgan fingerprint density at radius 2 is 2.26 bits per heavy atom. The fraction of sp³-hybridized carbons (Fsp3) is 0.357. The summed E-state index contributed by atoms with van der Waals surface area (Å²) in [4.78, 5) is 22.2. The standard InChI is InChI=1S/C14H15N3OS/c1-2-12-16-9-6-8(11-4-3-5-19-11)7-10(18)13(9)14(15)17-12/h3-5,8H,2,6-7H2,1H3,(H2,15,16,17)/t8-/m1/s1. The van der Waals surface area contributed by atoms with Crippen molar-refractivity contribution in [1.82, 2.24) is 9.97 Å². The average Bonchev–Trinajstić information content (AvgIpc) is 2.91. The number of fused-ring (bicyclic) bond motifs is 1. The van der Waals surface area contributed by atoms with Crippen molar-refractivity contribution >= 4 is 22.9 Å². The number of aryl methyl sites for hydroxylation is 1. The van der Waals surface area contributed by atoms with Crippen molar-refractivity contribution in [3.8, 4) is 0 Å². The van der Waals surface area contributed by atoms with Gasteiger partial charge in [0.1, 0.15) is 11.6 Å².